The molecule has 0 aromatic heterocycles. The van der Waals surface area contributed by atoms with Gasteiger partial charge in [-0.1, -0.05) is 42.0 Å². The molecule has 1 N–H and O–H groups in total. The number of carbonyl (C=O) groups excluding carboxylic acids is 1. The molecule has 2 aromatic carbocycles. The van der Waals surface area contributed by atoms with Crippen molar-refractivity contribution in [3.05, 3.63) is 65.2 Å². The van der Waals surface area contributed by atoms with E-state index in [4.69, 9.17) is 4.74 Å². The number of nitrogens with zero attached hydrogens (tertiary/aromatic N) is 1. The van der Waals surface area contributed by atoms with Crippen molar-refractivity contribution in [2.75, 3.05) is 19.7 Å². The zero-order valence-electron chi connectivity index (χ0n) is 17.3. The number of likely N-dealkylation sites (tertiary alicyclic amines) is 1. The minimum Gasteiger partial charge on any atom is -0.492 e. The van der Waals surface area contributed by atoms with E-state index in [1.165, 1.54) is 24.0 Å². The lowest BCUT2D eigenvalue weighted by Gasteiger charge is -2.32. The van der Waals surface area contributed by atoms with E-state index in [1.54, 1.807) is 0 Å². The van der Waals surface area contributed by atoms with Crippen LogP contribution < -0.4 is 10.1 Å². The fraction of sp³-hybridized carbons (Fsp3) is 0.458. The van der Waals surface area contributed by atoms with Gasteiger partial charge in [-0.3, -0.25) is 9.69 Å². The van der Waals surface area contributed by atoms with Crippen molar-refractivity contribution in [1.29, 1.82) is 0 Å². The lowest BCUT2D eigenvalue weighted by atomic mass is 9.98. The molecule has 4 heteroatoms. The summed E-state index contributed by atoms with van der Waals surface area (Å²) < 4.78 is 6.11. The summed E-state index contributed by atoms with van der Waals surface area (Å²) in [6, 6.07) is 16.4. The molecule has 1 amide bonds. The summed E-state index contributed by atoms with van der Waals surface area (Å²) in [5.74, 6) is 1.09. The van der Waals surface area contributed by atoms with Crippen molar-refractivity contribution in [3.8, 4) is 5.75 Å². The minimum atomic E-state index is -0.0738. The first kappa shape index (κ1) is 20.4. The first-order valence-electron chi connectivity index (χ1n) is 10.3. The molecule has 2 aromatic rings. The predicted octanol–water partition coefficient (Wildman–Crippen LogP) is 4.42. The van der Waals surface area contributed by atoms with Gasteiger partial charge in [0.1, 0.15) is 5.75 Å². The van der Waals surface area contributed by atoms with Gasteiger partial charge in [0.15, 0.2) is 0 Å². The van der Waals surface area contributed by atoms with Gasteiger partial charge in [0.05, 0.1) is 12.2 Å². The van der Waals surface area contributed by atoms with Crippen LogP contribution in [0.1, 0.15) is 48.2 Å². The van der Waals surface area contributed by atoms with E-state index in [1.807, 2.05) is 38.1 Å². The summed E-state index contributed by atoms with van der Waals surface area (Å²) in [6.45, 7) is 9.88. The molecule has 0 spiro atoms. The second kappa shape index (κ2) is 9.74. The van der Waals surface area contributed by atoms with E-state index >= 15 is 0 Å². The fourth-order valence-electron chi connectivity index (χ4n) is 3.83. The Labute approximate surface area is 168 Å². The van der Waals surface area contributed by atoms with Crippen LogP contribution in [0.25, 0.3) is 0 Å². The van der Waals surface area contributed by atoms with Gasteiger partial charge in [0, 0.05) is 25.0 Å². The lowest BCUT2D eigenvalue weighted by molar-refractivity contribution is 0.0932. The normalized spacial score (nSPS) is 17.5. The SMILES string of the molecule is Cc1cccc(CN2CCCC(COc3ccccc3C(=O)NC(C)C)C2)c1. The van der Waals surface area contributed by atoms with E-state index in [0.29, 0.717) is 23.8 Å². The average Bonchev–Trinajstić information content (AvgIpc) is 2.66. The van der Waals surface area contributed by atoms with Gasteiger partial charge in [-0.05, 0) is 57.9 Å². The molecule has 1 aliphatic rings. The highest BCUT2D eigenvalue weighted by atomic mass is 16.5. The topological polar surface area (TPSA) is 41.6 Å². The van der Waals surface area contributed by atoms with Gasteiger partial charge in [-0.2, -0.15) is 0 Å². The van der Waals surface area contributed by atoms with Crippen molar-refractivity contribution >= 4 is 5.91 Å². The molecular weight excluding hydrogens is 348 g/mol. The molecule has 1 heterocycles. The number of hydrogen-bond acceptors (Lipinski definition) is 3. The second-order valence-electron chi connectivity index (χ2n) is 8.17. The zero-order chi connectivity index (χ0) is 19.9. The number of aryl methyl sites for hydroxylation is 1. The van der Waals surface area contributed by atoms with E-state index in [9.17, 15) is 4.79 Å². The third-order valence-electron chi connectivity index (χ3n) is 5.12. The highest BCUT2D eigenvalue weighted by molar-refractivity contribution is 5.97. The molecular formula is C24H32N2O2. The maximum atomic E-state index is 12.4. The van der Waals surface area contributed by atoms with Gasteiger partial charge >= 0.3 is 0 Å². The van der Waals surface area contributed by atoms with Crippen molar-refractivity contribution in [2.24, 2.45) is 5.92 Å². The van der Waals surface area contributed by atoms with Gasteiger partial charge < -0.3 is 10.1 Å². The highest BCUT2D eigenvalue weighted by Crippen LogP contribution is 2.23. The molecule has 3 rings (SSSR count). The van der Waals surface area contributed by atoms with E-state index in [0.717, 1.165) is 19.6 Å². The minimum absolute atomic E-state index is 0.0738. The van der Waals surface area contributed by atoms with Crippen molar-refractivity contribution in [3.63, 3.8) is 0 Å². The molecule has 4 nitrogen and oxygen atoms in total. The van der Waals surface area contributed by atoms with E-state index < -0.39 is 0 Å². The Morgan fingerprint density at radius 2 is 2.04 bits per heavy atom. The standard InChI is InChI=1S/C24H32N2O2/c1-18(2)25-24(27)22-11-4-5-12-23(22)28-17-21-10-7-13-26(16-21)15-20-9-6-8-19(3)14-20/h4-6,8-9,11-12,14,18,21H,7,10,13,15-17H2,1-3H3,(H,25,27). The number of hydrogen-bond donors (Lipinski definition) is 1. The summed E-state index contributed by atoms with van der Waals surface area (Å²) in [5.41, 5.74) is 3.30. The molecule has 1 atom stereocenters. The molecule has 1 saturated heterocycles. The molecule has 0 bridgehead atoms. The Morgan fingerprint density at radius 1 is 1.21 bits per heavy atom. The monoisotopic (exact) mass is 380 g/mol. The molecule has 28 heavy (non-hydrogen) atoms. The number of rotatable bonds is 7. The number of carbonyl (C=O) groups is 1. The number of ether oxygens (including phenoxy) is 1. The van der Waals surface area contributed by atoms with Crippen LogP contribution in [-0.2, 0) is 6.54 Å². The zero-order valence-corrected chi connectivity index (χ0v) is 17.3. The van der Waals surface area contributed by atoms with Gasteiger partial charge in [0.2, 0.25) is 0 Å². The Bertz CT molecular complexity index is 788. The summed E-state index contributed by atoms with van der Waals surface area (Å²) >= 11 is 0. The van der Waals surface area contributed by atoms with Crippen LogP contribution in [-0.4, -0.2) is 36.5 Å². The Kier molecular flexibility index (Phi) is 7.10. The summed E-state index contributed by atoms with van der Waals surface area (Å²) in [5, 5.41) is 2.95. The maximum absolute atomic E-state index is 12.4. The van der Waals surface area contributed by atoms with Crippen molar-refractivity contribution < 1.29 is 9.53 Å². The first-order valence-corrected chi connectivity index (χ1v) is 10.3. The lowest BCUT2D eigenvalue weighted by Crippen LogP contribution is -2.37. The van der Waals surface area contributed by atoms with Gasteiger partial charge in [-0.25, -0.2) is 0 Å². The average molecular weight is 381 g/mol. The summed E-state index contributed by atoms with van der Waals surface area (Å²) in [6.07, 6.45) is 2.36. The summed E-state index contributed by atoms with van der Waals surface area (Å²) in [4.78, 5) is 14.9. The van der Waals surface area contributed by atoms with E-state index in [-0.39, 0.29) is 11.9 Å². The second-order valence-corrected chi connectivity index (χ2v) is 8.17. The maximum Gasteiger partial charge on any atom is 0.255 e. The number of benzene rings is 2. The predicted molar refractivity (Wildman–Crippen MR) is 114 cm³/mol. The summed E-state index contributed by atoms with van der Waals surface area (Å²) in [7, 11) is 0. The number of amides is 1. The number of para-hydroxylation sites is 1. The van der Waals surface area contributed by atoms with Crippen LogP contribution >= 0.6 is 0 Å². The van der Waals surface area contributed by atoms with Crippen LogP contribution in [0.2, 0.25) is 0 Å². The highest BCUT2D eigenvalue weighted by Gasteiger charge is 2.21. The smallest absolute Gasteiger partial charge is 0.255 e. The van der Waals surface area contributed by atoms with Crippen LogP contribution in [0.5, 0.6) is 5.75 Å². The third-order valence-corrected chi connectivity index (χ3v) is 5.12. The Hall–Kier alpha value is -2.33. The number of piperidine rings is 1. The largest absolute Gasteiger partial charge is 0.492 e. The van der Waals surface area contributed by atoms with Crippen molar-refractivity contribution in [1.82, 2.24) is 10.2 Å². The van der Waals surface area contributed by atoms with Crippen LogP contribution in [0.4, 0.5) is 0 Å². The van der Waals surface area contributed by atoms with Gasteiger partial charge in [0.25, 0.3) is 5.91 Å². The Morgan fingerprint density at radius 3 is 2.82 bits per heavy atom. The van der Waals surface area contributed by atoms with Crippen LogP contribution in [0, 0.1) is 12.8 Å². The molecule has 1 fully saturated rings. The molecule has 150 valence electrons. The molecule has 0 saturated carbocycles. The van der Waals surface area contributed by atoms with Crippen LogP contribution in [0.15, 0.2) is 48.5 Å². The molecule has 0 radical (unpaired) electrons. The fourth-order valence-corrected chi connectivity index (χ4v) is 3.83. The quantitative estimate of drug-likeness (QED) is 0.773. The Balaban J connectivity index is 1.57. The molecule has 0 aliphatic carbocycles. The molecule has 1 unspecified atom stereocenters. The van der Waals surface area contributed by atoms with Crippen molar-refractivity contribution in [2.45, 2.75) is 46.2 Å². The van der Waals surface area contributed by atoms with Gasteiger partial charge in [-0.15, -0.1) is 0 Å². The molecule has 1 aliphatic heterocycles. The third kappa shape index (κ3) is 5.83. The first-order chi connectivity index (χ1) is 13.5. The number of nitrogens with one attached hydrogen (secondary N) is 1. The van der Waals surface area contributed by atoms with E-state index in [2.05, 4.69) is 41.4 Å². The van der Waals surface area contributed by atoms with Crippen LogP contribution in [0.3, 0.4) is 0 Å².